The number of hydrogen-bond acceptors (Lipinski definition) is 4. The summed E-state index contributed by atoms with van der Waals surface area (Å²) < 4.78 is 15.5. The van der Waals surface area contributed by atoms with E-state index in [-0.39, 0.29) is 11.9 Å². The Hall–Kier alpha value is -0.610. The van der Waals surface area contributed by atoms with Gasteiger partial charge in [-0.1, -0.05) is 13.8 Å². The van der Waals surface area contributed by atoms with Crippen molar-refractivity contribution >= 4 is 5.97 Å². The first-order chi connectivity index (χ1) is 6.61. The standard InChI is InChI=1S/C10H18O4/c1-4-8(5-2)9(11)14-10(3)12-6-7-13-10/h8H,4-7H2,1-3H3. The van der Waals surface area contributed by atoms with Crippen molar-refractivity contribution in [3.63, 3.8) is 0 Å². The molecule has 0 amide bonds. The summed E-state index contributed by atoms with van der Waals surface area (Å²) in [4.78, 5) is 11.6. The zero-order valence-electron chi connectivity index (χ0n) is 9.04. The van der Waals surface area contributed by atoms with Gasteiger partial charge in [0.25, 0.3) is 0 Å². The van der Waals surface area contributed by atoms with Gasteiger partial charge in [0.05, 0.1) is 19.1 Å². The first kappa shape index (κ1) is 11.5. The first-order valence-electron chi connectivity index (χ1n) is 5.12. The smallest absolute Gasteiger partial charge is 0.326 e. The Morgan fingerprint density at radius 3 is 2.29 bits per heavy atom. The van der Waals surface area contributed by atoms with Gasteiger partial charge in [-0.15, -0.1) is 0 Å². The van der Waals surface area contributed by atoms with Gasteiger partial charge in [-0.25, -0.2) is 0 Å². The fourth-order valence-electron chi connectivity index (χ4n) is 1.44. The topological polar surface area (TPSA) is 44.8 Å². The predicted octanol–water partition coefficient (Wildman–Crippen LogP) is 1.69. The molecule has 0 atom stereocenters. The molecule has 1 rings (SSSR count). The van der Waals surface area contributed by atoms with Crippen molar-refractivity contribution in [3.05, 3.63) is 0 Å². The molecule has 0 aliphatic carbocycles. The highest BCUT2D eigenvalue weighted by molar-refractivity contribution is 5.72. The maximum atomic E-state index is 11.6. The van der Waals surface area contributed by atoms with Crippen LogP contribution in [0, 0.1) is 5.92 Å². The van der Waals surface area contributed by atoms with Gasteiger partial charge in [0.1, 0.15) is 0 Å². The van der Waals surface area contributed by atoms with Crippen LogP contribution in [0.15, 0.2) is 0 Å². The van der Waals surface area contributed by atoms with E-state index < -0.39 is 5.97 Å². The molecule has 0 aromatic carbocycles. The summed E-state index contributed by atoms with van der Waals surface area (Å²) in [5, 5.41) is 0. The Balaban J connectivity index is 2.46. The lowest BCUT2D eigenvalue weighted by molar-refractivity contribution is -0.303. The molecule has 0 aromatic rings. The first-order valence-corrected chi connectivity index (χ1v) is 5.12. The molecule has 14 heavy (non-hydrogen) atoms. The van der Waals surface area contributed by atoms with Crippen LogP contribution in [-0.2, 0) is 19.0 Å². The third-order valence-electron chi connectivity index (χ3n) is 2.42. The van der Waals surface area contributed by atoms with E-state index in [0.717, 1.165) is 12.8 Å². The average molecular weight is 202 g/mol. The van der Waals surface area contributed by atoms with Crippen LogP contribution in [0.5, 0.6) is 0 Å². The molecule has 1 fully saturated rings. The minimum absolute atomic E-state index is 0.0559. The molecule has 1 saturated heterocycles. The number of rotatable bonds is 4. The van der Waals surface area contributed by atoms with Crippen molar-refractivity contribution in [1.29, 1.82) is 0 Å². The Bertz CT molecular complexity index is 192. The van der Waals surface area contributed by atoms with Crippen molar-refractivity contribution in [2.45, 2.75) is 39.6 Å². The third-order valence-corrected chi connectivity index (χ3v) is 2.42. The highest BCUT2D eigenvalue weighted by atomic mass is 16.9. The van der Waals surface area contributed by atoms with Crippen LogP contribution < -0.4 is 0 Å². The zero-order valence-corrected chi connectivity index (χ0v) is 9.04. The van der Waals surface area contributed by atoms with Gasteiger partial charge in [0.2, 0.25) is 0 Å². The molecule has 0 bridgehead atoms. The second-order valence-corrected chi connectivity index (χ2v) is 3.49. The van der Waals surface area contributed by atoms with Gasteiger partial charge < -0.3 is 14.2 Å². The van der Waals surface area contributed by atoms with Crippen LogP contribution in [0.1, 0.15) is 33.6 Å². The molecule has 4 nitrogen and oxygen atoms in total. The van der Waals surface area contributed by atoms with Crippen LogP contribution in [0.25, 0.3) is 0 Å². The van der Waals surface area contributed by atoms with Crippen molar-refractivity contribution < 1.29 is 19.0 Å². The van der Waals surface area contributed by atoms with Crippen LogP contribution in [0.4, 0.5) is 0 Å². The monoisotopic (exact) mass is 202 g/mol. The lowest BCUT2D eigenvalue weighted by Gasteiger charge is -2.24. The molecule has 0 radical (unpaired) electrons. The fourth-order valence-corrected chi connectivity index (χ4v) is 1.44. The molecule has 1 heterocycles. The Labute approximate surface area is 84.5 Å². The molecular formula is C10H18O4. The maximum Gasteiger partial charge on any atom is 0.326 e. The van der Waals surface area contributed by atoms with Gasteiger partial charge >= 0.3 is 11.9 Å². The second-order valence-electron chi connectivity index (χ2n) is 3.49. The fraction of sp³-hybridized carbons (Fsp3) is 0.900. The third kappa shape index (κ3) is 2.69. The van der Waals surface area contributed by atoms with Gasteiger partial charge in [-0.05, 0) is 12.8 Å². The van der Waals surface area contributed by atoms with E-state index in [1.54, 1.807) is 6.92 Å². The Morgan fingerprint density at radius 1 is 1.36 bits per heavy atom. The highest BCUT2D eigenvalue weighted by Crippen LogP contribution is 2.23. The van der Waals surface area contributed by atoms with Crippen LogP contribution in [0.3, 0.4) is 0 Å². The summed E-state index contributed by atoms with van der Waals surface area (Å²) in [6.07, 6.45) is 1.57. The SMILES string of the molecule is CCC(CC)C(=O)OC1(C)OCCO1. The van der Waals surface area contributed by atoms with E-state index in [2.05, 4.69) is 0 Å². The minimum Gasteiger partial charge on any atom is -0.408 e. The van der Waals surface area contributed by atoms with Crippen LogP contribution in [-0.4, -0.2) is 25.2 Å². The number of carbonyl (C=O) groups excluding carboxylic acids is 1. The van der Waals surface area contributed by atoms with Crippen molar-refractivity contribution in [3.8, 4) is 0 Å². The number of ether oxygens (including phenoxy) is 3. The van der Waals surface area contributed by atoms with Crippen LogP contribution in [0.2, 0.25) is 0 Å². The number of hydrogen-bond donors (Lipinski definition) is 0. The lowest BCUT2D eigenvalue weighted by atomic mass is 10.0. The van der Waals surface area contributed by atoms with Crippen molar-refractivity contribution in [2.24, 2.45) is 5.92 Å². The maximum absolute atomic E-state index is 11.6. The molecule has 0 spiro atoms. The van der Waals surface area contributed by atoms with Crippen LogP contribution >= 0.6 is 0 Å². The zero-order chi connectivity index (χ0) is 10.6. The minimum atomic E-state index is -1.15. The molecule has 82 valence electrons. The predicted molar refractivity (Wildman–Crippen MR) is 50.5 cm³/mol. The van der Waals surface area contributed by atoms with Crippen molar-refractivity contribution in [1.82, 2.24) is 0 Å². The summed E-state index contributed by atoms with van der Waals surface area (Å²) in [6.45, 7) is 6.52. The summed E-state index contributed by atoms with van der Waals surface area (Å²) in [5.41, 5.74) is 0. The Morgan fingerprint density at radius 2 is 1.86 bits per heavy atom. The van der Waals surface area contributed by atoms with E-state index in [1.807, 2.05) is 13.8 Å². The van der Waals surface area contributed by atoms with E-state index in [0.29, 0.717) is 13.2 Å². The molecule has 0 unspecified atom stereocenters. The lowest BCUT2D eigenvalue weighted by Crippen LogP contribution is -2.35. The van der Waals surface area contributed by atoms with E-state index in [4.69, 9.17) is 14.2 Å². The largest absolute Gasteiger partial charge is 0.408 e. The normalized spacial score (nSPS) is 20.0. The van der Waals surface area contributed by atoms with Gasteiger partial charge in [0.15, 0.2) is 0 Å². The summed E-state index contributed by atoms with van der Waals surface area (Å²) in [5.74, 6) is -1.45. The molecule has 0 aromatic heterocycles. The molecular weight excluding hydrogens is 184 g/mol. The molecule has 1 aliphatic rings. The van der Waals surface area contributed by atoms with E-state index >= 15 is 0 Å². The summed E-state index contributed by atoms with van der Waals surface area (Å²) in [6, 6.07) is 0. The van der Waals surface area contributed by atoms with Gasteiger partial charge in [-0.2, -0.15) is 0 Å². The number of esters is 1. The molecule has 0 saturated carbocycles. The van der Waals surface area contributed by atoms with Gasteiger partial charge in [-0.3, -0.25) is 4.79 Å². The molecule has 4 heteroatoms. The average Bonchev–Trinajstić information content (AvgIpc) is 2.54. The quantitative estimate of drug-likeness (QED) is 0.651. The Kier molecular flexibility index (Phi) is 3.89. The highest BCUT2D eigenvalue weighted by Gasteiger charge is 2.36. The summed E-state index contributed by atoms with van der Waals surface area (Å²) in [7, 11) is 0. The second kappa shape index (κ2) is 4.75. The van der Waals surface area contributed by atoms with Gasteiger partial charge in [0, 0.05) is 6.92 Å². The number of carbonyl (C=O) groups is 1. The van der Waals surface area contributed by atoms with E-state index in [1.165, 1.54) is 0 Å². The van der Waals surface area contributed by atoms with E-state index in [9.17, 15) is 4.79 Å². The molecule has 0 N–H and O–H groups in total. The van der Waals surface area contributed by atoms with Crippen molar-refractivity contribution in [2.75, 3.05) is 13.2 Å². The molecule has 1 aliphatic heterocycles. The summed E-state index contributed by atoms with van der Waals surface area (Å²) >= 11 is 0.